The van der Waals surface area contributed by atoms with Crippen molar-refractivity contribution in [2.24, 2.45) is 0 Å². The molecule has 0 unspecified atom stereocenters. The largest absolute Gasteiger partial charge is 0.493 e. The van der Waals surface area contributed by atoms with Gasteiger partial charge in [0.25, 0.3) is 0 Å². The number of benzene rings is 1. The number of hydrogen-bond donors (Lipinski definition) is 0. The molecule has 0 aliphatic heterocycles. The number of rotatable bonds is 4. The lowest BCUT2D eigenvalue weighted by Crippen LogP contribution is -1.99. The SMILES string of the molecule is Cc1ccc(Cl)cc1OCCCCl. The van der Waals surface area contributed by atoms with Gasteiger partial charge in [0.1, 0.15) is 5.75 Å². The van der Waals surface area contributed by atoms with E-state index >= 15 is 0 Å². The Balaban J connectivity index is 2.59. The third kappa shape index (κ3) is 3.45. The first kappa shape index (κ1) is 10.7. The predicted molar refractivity (Wildman–Crippen MR) is 57.0 cm³/mol. The van der Waals surface area contributed by atoms with Gasteiger partial charge in [-0.3, -0.25) is 0 Å². The van der Waals surface area contributed by atoms with Gasteiger partial charge in [-0.05, 0) is 31.0 Å². The average molecular weight is 219 g/mol. The molecule has 0 aliphatic rings. The maximum absolute atomic E-state index is 5.82. The van der Waals surface area contributed by atoms with E-state index in [0.29, 0.717) is 17.5 Å². The average Bonchev–Trinajstić information content (AvgIpc) is 2.11. The van der Waals surface area contributed by atoms with Gasteiger partial charge in [-0.15, -0.1) is 11.6 Å². The van der Waals surface area contributed by atoms with E-state index in [1.165, 1.54) is 0 Å². The predicted octanol–water partition coefficient (Wildman–Crippen LogP) is 3.66. The zero-order valence-corrected chi connectivity index (χ0v) is 9.03. The molecule has 0 aromatic heterocycles. The Labute approximate surface area is 88.6 Å². The van der Waals surface area contributed by atoms with Crippen LogP contribution in [0.4, 0.5) is 0 Å². The van der Waals surface area contributed by atoms with Crippen LogP contribution in [-0.4, -0.2) is 12.5 Å². The molecule has 0 amide bonds. The first-order valence-electron chi connectivity index (χ1n) is 4.19. The summed E-state index contributed by atoms with van der Waals surface area (Å²) in [6.07, 6.45) is 0.855. The second-order valence-corrected chi connectivity index (χ2v) is 3.62. The van der Waals surface area contributed by atoms with Crippen molar-refractivity contribution in [1.82, 2.24) is 0 Å². The van der Waals surface area contributed by atoms with E-state index in [1.54, 1.807) is 0 Å². The van der Waals surface area contributed by atoms with Crippen molar-refractivity contribution in [3.05, 3.63) is 28.8 Å². The molecule has 0 fully saturated rings. The molecule has 0 heterocycles. The minimum absolute atomic E-state index is 0.625. The van der Waals surface area contributed by atoms with E-state index in [2.05, 4.69) is 0 Å². The van der Waals surface area contributed by atoms with E-state index in [0.717, 1.165) is 17.7 Å². The quantitative estimate of drug-likeness (QED) is 0.554. The standard InChI is InChI=1S/C10H12Cl2O/c1-8-3-4-9(12)7-10(8)13-6-2-5-11/h3-4,7H,2,5-6H2,1H3. The van der Waals surface area contributed by atoms with Crippen LogP contribution in [0.2, 0.25) is 5.02 Å². The van der Waals surface area contributed by atoms with E-state index in [1.807, 2.05) is 25.1 Å². The fourth-order valence-corrected chi connectivity index (χ4v) is 1.24. The number of aryl methyl sites for hydroxylation is 1. The van der Waals surface area contributed by atoms with Gasteiger partial charge in [-0.2, -0.15) is 0 Å². The van der Waals surface area contributed by atoms with Gasteiger partial charge >= 0.3 is 0 Å². The Kier molecular flexibility index (Phi) is 4.40. The molecule has 72 valence electrons. The van der Waals surface area contributed by atoms with Crippen molar-refractivity contribution >= 4 is 23.2 Å². The molecule has 0 aliphatic carbocycles. The lowest BCUT2D eigenvalue weighted by atomic mass is 10.2. The van der Waals surface area contributed by atoms with Crippen LogP contribution in [0.3, 0.4) is 0 Å². The van der Waals surface area contributed by atoms with Crippen molar-refractivity contribution in [2.75, 3.05) is 12.5 Å². The molecule has 0 radical (unpaired) electrons. The second-order valence-electron chi connectivity index (χ2n) is 2.80. The zero-order valence-electron chi connectivity index (χ0n) is 7.52. The summed E-state index contributed by atoms with van der Waals surface area (Å²) in [6, 6.07) is 5.62. The van der Waals surface area contributed by atoms with Crippen LogP contribution >= 0.6 is 23.2 Å². The number of alkyl halides is 1. The Morgan fingerprint density at radius 2 is 2.15 bits per heavy atom. The molecule has 0 N–H and O–H groups in total. The highest BCUT2D eigenvalue weighted by Gasteiger charge is 1.99. The summed E-state index contributed by atoms with van der Waals surface area (Å²) >= 11 is 11.4. The van der Waals surface area contributed by atoms with Gasteiger partial charge in [-0.1, -0.05) is 17.7 Å². The van der Waals surface area contributed by atoms with Gasteiger partial charge in [0, 0.05) is 10.9 Å². The van der Waals surface area contributed by atoms with E-state index in [-0.39, 0.29) is 0 Å². The van der Waals surface area contributed by atoms with Crippen LogP contribution in [-0.2, 0) is 0 Å². The van der Waals surface area contributed by atoms with Crippen LogP contribution < -0.4 is 4.74 Å². The molecule has 3 heteroatoms. The maximum Gasteiger partial charge on any atom is 0.123 e. The smallest absolute Gasteiger partial charge is 0.123 e. The number of ether oxygens (including phenoxy) is 1. The minimum Gasteiger partial charge on any atom is -0.493 e. The first-order valence-corrected chi connectivity index (χ1v) is 5.10. The summed E-state index contributed by atoms with van der Waals surface area (Å²) in [7, 11) is 0. The van der Waals surface area contributed by atoms with Gasteiger partial charge < -0.3 is 4.74 Å². The molecule has 0 saturated heterocycles. The third-order valence-corrected chi connectivity index (χ3v) is 2.19. The van der Waals surface area contributed by atoms with Crippen molar-refractivity contribution < 1.29 is 4.74 Å². The molecule has 1 nitrogen and oxygen atoms in total. The van der Waals surface area contributed by atoms with Gasteiger partial charge in [-0.25, -0.2) is 0 Å². The maximum atomic E-state index is 5.82. The third-order valence-electron chi connectivity index (χ3n) is 1.69. The van der Waals surface area contributed by atoms with Crippen molar-refractivity contribution in [3.63, 3.8) is 0 Å². The Bertz CT molecular complexity index is 274. The van der Waals surface area contributed by atoms with Crippen molar-refractivity contribution in [1.29, 1.82) is 0 Å². The second kappa shape index (κ2) is 5.36. The molecular weight excluding hydrogens is 207 g/mol. The first-order chi connectivity index (χ1) is 6.24. The molecule has 0 spiro atoms. The number of halogens is 2. The summed E-state index contributed by atoms with van der Waals surface area (Å²) in [5.74, 6) is 1.47. The number of hydrogen-bond acceptors (Lipinski definition) is 1. The van der Waals surface area contributed by atoms with Crippen molar-refractivity contribution in [3.8, 4) is 5.75 Å². The van der Waals surface area contributed by atoms with Crippen LogP contribution in [0, 0.1) is 6.92 Å². The summed E-state index contributed by atoms with van der Waals surface area (Å²) < 4.78 is 5.49. The van der Waals surface area contributed by atoms with Crippen LogP contribution in [0.15, 0.2) is 18.2 Å². The highest BCUT2D eigenvalue weighted by molar-refractivity contribution is 6.30. The Hall–Kier alpha value is -0.400. The summed E-state index contributed by atoms with van der Waals surface area (Å²) in [4.78, 5) is 0. The summed E-state index contributed by atoms with van der Waals surface area (Å²) in [6.45, 7) is 2.64. The minimum atomic E-state index is 0.625. The van der Waals surface area contributed by atoms with Crippen molar-refractivity contribution in [2.45, 2.75) is 13.3 Å². The van der Waals surface area contributed by atoms with E-state index in [4.69, 9.17) is 27.9 Å². The van der Waals surface area contributed by atoms with Crippen LogP contribution in [0.1, 0.15) is 12.0 Å². The van der Waals surface area contributed by atoms with Gasteiger partial charge in [0.15, 0.2) is 0 Å². The van der Waals surface area contributed by atoms with Crippen LogP contribution in [0.25, 0.3) is 0 Å². The molecule has 0 atom stereocenters. The molecular formula is C10H12Cl2O. The molecule has 1 rings (SSSR count). The fraction of sp³-hybridized carbons (Fsp3) is 0.400. The normalized spacial score (nSPS) is 10.1. The van der Waals surface area contributed by atoms with E-state index in [9.17, 15) is 0 Å². The zero-order chi connectivity index (χ0) is 9.68. The lowest BCUT2D eigenvalue weighted by Gasteiger charge is -2.08. The highest BCUT2D eigenvalue weighted by atomic mass is 35.5. The van der Waals surface area contributed by atoms with E-state index < -0.39 is 0 Å². The Morgan fingerprint density at radius 3 is 2.85 bits per heavy atom. The highest BCUT2D eigenvalue weighted by Crippen LogP contribution is 2.22. The topological polar surface area (TPSA) is 9.23 Å². The molecule has 1 aromatic carbocycles. The molecule has 1 aromatic rings. The fourth-order valence-electron chi connectivity index (χ4n) is 0.966. The van der Waals surface area contributed by atoms with Gasteiger partial charge in [0.2, 0.25) is 0 Å². The summed E-state index contributed by atoms with van der Waals surface area (Å²) in [5.41, 5.74) is 1.10. The molecule has 0 saturated carbocycles. The molecule has 0 bridgehead atoms. The Morgan fingerprint density at radius 1 is 1.38 bits per heavy atom. The van der Waals surface area contributed by atoms with Gasteiger partial charge in [0.05, 0.1) is 6.61 Å². The monoisotopic (exact) mass is 218 g/mol. The molecule has 13 heavy (non-hydrogen) atoms. The summed E-state index contributed by atoms with van der Waals surface area (Å²) in [5, 5.41) is 0.700. The van der Waals surface area contributed by atoms with Crippen LogP contribution in [0.5, 0.6) is 5.75 Å². The lowest BCUT2D eigenvalue weighted by molar-refractivity contribution is 0.316.